The standard InChI is InChI=1S/C10H17N3O3/c1-2-5-15-9-8(11)10(13-7-12-9)16-6-3-4-14/h7,14H,2-6,11H2,1H3. The number of nitrogens with zero attached hydrogens (tertiary/aromatic N) is 2. The highest BCUT2D eigenvalue weighted by atomic mass is 16.5. The first-order valence-electron chi connectivity index (χ1n) is 5.26. The van der Waals surface area contributed by atoms with Crippen LogP contribution in [-0.4, -0.2) is 34.9 Å². The average Bonchev–Trinajstić information content (AvgIpc) is 2.30. The highest BCUT2D eigenvalue weighted by Gasteiger charge is 2.09. The normalized spacial score (nSPS) is 10.1. The Morgan fingerprint density at radius 2 is 1.88 bits per heavy atom. The van der Waals surface area contributed by atoms with E-state index in [2.05, 4.69) is 9.97 Å². The molecule has 0 bridgehead atoms. The van der Waals surface area contributed by atoms with Crippen LogP contribution in [0, 0.1) is 0 Å². The van der Waals surface area contributed by atoms with Gasteiger partial charge >= 0.3 is 0 Å². The molecule has 3 N–H and O–H groups in total. The van der Waals surface area contributed by atoms with Gasteiger partial charge in [-0.3, -0.25) is 0 Å². The SMILES string of the molecule is CCCOc1ncnc(OCCCO)c1N. The van der Waals surface area contributed by atoms with Crippen LogP contribution in [0.4, 0.5) is 5.69 Å². The number of nitrogens with two attached hydrogens (primary N) is 1. The lowest BCUT2D eigenvalue weighted by Gasteiger charge is -2.10. The third kappa shape index (κ3) is 3.54. The molecule has 1 rings (SSSR count). The van der Waals surface area contributed by atoms with Crippen LogP contribution in [0.15, 0.2) is 6.33 Å². The number of aliphatic hydroxyl groups excluding tert-OH is 1. The minimum absolute atomic E-state index is 0.0736. The Balaban J connectivity index is 2.62. The van der Waals surface area contributed by atoms with Crippen LogP contribution in [0.3, 0.4) is 0 Å². The number of hydrogen-bond donors (Lipinski definition) is 2. The Labute approximate surface area is 94.4 Å². The van der Waals surface area contributed by atoms with Gasteiger partial charge in [-0.2, -0.15) is 9.97 Å². The smallest absolute Gasteiger partial charge is 0.244 e. The Kier molecular flexibility index (Phi) is 5.35. The number of anilines is 1. The van der Waals surface area contributed by atoms with Crippen LogP contribution in [0.2, 0.25) is 0 Å². The van der Waals surface area contributed by atoms with E-state index in [4.69, 9.17) is 20.3 Å². The fraction of sp³-hybridized carbons (Fsp3) is 0.600. The fourth-order valence-corrected chi connectivity index (χ4v) is 1.03. The molecule has 16 heavy (non-hydrogen) atoms. The summed E-state index contributed by atoms with van der Waals surface area (Å²) in [5.74, 6) is 0.644. The van der Waals surface area contributed by atoms with E-state index in [0.29, 0.717) is 37.1 Å². The molecule has 0 aliphatic heterocycles. The molecule has 6 heteroatoms. The zero-order valence-corrected chi connectivity index (χ0v) is 9.35. The van der Waals surface area contributed by atoms with Gasteiger partial charge in [0, 0.05) is 13.0 Å². The fourth-order valence-electron chi connectivity index (χ4n) is 1.03. The van der Waals surface area contributed by atoms with E-state index in [1.54, 1.807) is 0 Å². The predicted molar refractivity (Wildman–Crippen MR) is 59.4 cm³/mol. The summed E-state index contributed by atoms with van der Waals surface area (Å²) in [6.07, 6.45) is 2.76. The van der Waals surface area contributed by atoms with Crippen molar-refractivity contribution in [1.82, 2.24) is 9.97 Å². The summed E-state index contributed by atoms with van der Waals surface area (Å²) in [7, 11) is 0. The van der Waals surface area contributed by atoms with Gasteiger partial charge in [0.2, 0.25) is 11.8 Å². The van der Waals surface area contributed by atoms with E-state index in [9.17, 15) is 0 Å². The Morgan fingerprint density at radius 3 is 2.44 bits per heavy atom. The lowest BCUT2D eigenvalue weighted by molar-refractivity contribution is 0.228. The van der Waals surface area contributed by atoms with E-state index >= 15 is 0 Å². The molecule has 0 saturated carbocycles. The molecule has 1 heterocycles. The Hall–Kier alpha value is -1.56. The molecule has 0 fully saturated rings. The minimum Gasteiger partial charge on any atom is -0.476 e. The van der Waals surface area contributed by atoms with Crippen LogP contribution in [0.25, 0.3) is 0 Å². The zero-order valence-electron chi connectivity index (χ0n) is 9.35. The summed E-state index contributed by atoms with van der Waals surface area (Å²) in [4.78, 5) is 7.82. The van der Waals surface area contributed by atoms with Gasteiger partial charge in [-0.1, -0.05) is 6.92 Å². The largest absolute Gasteiger partial charge is 0.476 e. The van der Waals surface area contributed by atoms with Crippen LogP contribution >= 0.6 is 0 Å². The Bertz CT molecular complexity index is 320. The van der Waals surface area contributed by atoms with Gasteiger partial charge < -0.3 is 20.3 Å². The van der Waals surface area contributed by atoms with E-state index < -0.39 is 0 Å². The van der Waals surface area contributed by atoms with Crippen LogP contribution in [0.5, 0.6) is 11.8 Å². The molecule has 0 atom stereocenters. The number of rotatable bonds is 7. The van der Waals surface area contributed by atoms with Gasteiger partial charge in [-0.15, -0.1) is 0 Å². The van der Waals surface area contributed by atoms with Crippen molar-refractivity contribution in [1.29, 1.82) is 0 Å². The first-order valence-corrected chi connectivity index (χ1v) is 5.26. The molecule has 0 aliphatic carbocycles. The molecule has 0 aliphatic rings. The maximum atomic E-state index is 8.62. The number of ether oxygens (including phenoxy) is 2. The lowest BCUT2D eigenvalue weighted by Crippen LogP contribution is -2.07. The summed E-state index contributed by atoms with van der Waals surface area (Å²) in [5.41, 5.74) is 6.07. The summed E-state index contributed by atoms with van der Waals surface area (Å²) >= 11 is 0. The number of nitrogen functional groups attached to an aromatic ring is 1. The summed E-state index contributed by atoms with van der Waals surface area (Å²) in [6, 6.07) is 0. The van der Waals surface area contributed by atoms with Crippen LogP contribution < -0.4 is 15.2 Å². The number of aromatic nitrogens is 2. The molecule has 6 nitrogen and oxygen atoms in total. The lowest BCUT2D eigenvalue weighted by atomic mass is 10.4. The Morgan fingerprint density at radius 1 is 1.25 bits per heavy atom. The first kappa shape index (κ1) is 12.5. The molecule has 90 valence electrons. The number of aliphatic hydroxyl groups is 1. The van der Waals surface area contributed by atoms with Gasteiger partial charge in [0.05, 0.1) is 13.2 Å². The molecule has 0 unspecified atom stereocenters. The van der Waals surface area contributed by atoms with Crippen LogP contribution in [0.1, 0.15) is 19.8 Å². The molecule has 0 amide bonds. The highest BCUT2D eigenvalue weighted by molar-refractivity contribution is 5.55. The van der Waals surface area contributed by atoms with E-state index in [-0.39, 0.29) is 6.61 Å². The molecule has 0 spiro atoms. The van der Waals surface area contributed by atoms with Crippen molar-refractivity contribution in [2.75, 3.05) is 25.6 Å². The van der Waals surface area contributed by atoms with Gasteiger partial charge in [0.25, 0.3) is 0 Å². The van der Waals surface area contributed by atoms with Gasteiger partial charge in [-0.25, -0.2) is 0 Å². The number of hydrogen-bond acceptors (Lipinski definition) is 6. The molecule has 0 saturated heterocycles. The van der Waals surface area contributed by atoms with Gasteiger partial charge in [-0.05, 0) is 6.42 Å². The van der Waals surface area contributed by atoms with E-state index in [0.717, 1.165) is 6.42 Å². The quantitative estimate of drug-likeness (QED) is 0.663. The van der Waals surface area contributed by atoms with Crippen molar-refractivity contribution in [3.63, 3.8) is 0 Å². The molecule has 1 aromatic rings. The van der Waals surface area contributed by atoms with Crippen molar-refractivity contribution in [2.45, 2.75) is 19.8 Å². The van der Waals surface area contributed by atoms with E-state index in [1.165, 1.54) is 6.33 Å². The predicted octanol–water partition coefficient (Wildman–Crippen LogP) is 0.609. The van der Waals surface area contributed by atoms with Crippen molar-refractivity contribution >= 4 is 5.69 Å². The first-order chi connectivity index (χ1) is 7.79. The second-order valence-corrected chi connectivity index (χ2v) is 3.17. The highest BCUT2D eigenvalue weighted by Crippen LogP contribution is 2.26. The molecule has 0 aromatic carbocycles. The van der Waals surface area contributed by atoms with Crippen LogP contribution in [-0.2, 0) is 0 Å². The maximum Gasteiger partial charge on any atom is 0.244 e. The van der Waals surface area contributed by atoms with E-state index in [1.807, 2.05) is 6.92 Å². The average molecular weight is 227 g/mol. The second-order valence-electron chi connectivity index (χ2n) is 3.17. The second kappa shape index (κ2) is 6.84. The molecular weight excluding hydrogens is 210 g/mol. The summed E-state index contributed by atoms with van der Waals surface area (Å²) < 4.78 is 10.6. The van der Waals surface area contributed by atoms with Crippen molar-refractivity contribution in [3.05, 3.63) is 6.33 Å². The molecular formula is C10H17N3O3. The van der Waals surface area contributed by atoms with Gasteiger partial charge in [0.1, 0.15) is 6.33 Å². The summed E-state index contributed by atoms with van der Waals surface area (Å²) in [5, 5.41) is 8.62. The monoisotopic (exact) mass is 227 g/mol. The van der Waals surface area contributed by atoms with Crippen molar-refractivity contribution < 1.29 is 14.6 Å². The molecule has 0 radical (unpaired) electrons. The molecule has 1 aromatic heterocycles. The zero-order chi connectivity index (χ0) is 11.8. The van der Waals surface area contributed by atoms with Crippen molar-refractivity contribution in [3.8, 4) is 11.8 Å². The summed E-state index contributed by atoms with van der Waals surface area (Å²) in [6.45, 7) is 2.99. The topological polar surface area (TPSA) is 90.5 Å². The van der Waals surface area contributed by atoms with Crippen molar-refractivity contribution in [2.24, 2.45) is 0 Å². The maximum absolute atomic E-state index is 8.62. The van der Waals surface area contributed by atoms with Gasteiger partial charge in [0.15, 0.2) is 5.69 Å². The third-order valence-electron chi connectivity index (χ3n) is 1.79. The minimum atomic E-state index is 0.0736. The third-order valence-corrected chi connectivity index (χ3v) is 1.79.